The van der Waals surface area contributed by atoms with Gasteiger partial charge in [-0.2, -0.15) is 13.2 Å². The van der Waals surface area contributed by atoms with E-state index in [1.807, 2.05) is 0 Å². The van der Waals surface area contributed by atoms with Gasteiger partial charge in [0.05, 0.1) is 5.56 Å². The number of amides is 3. The number of rotatable bonds is 5. The summed E-state index contributed by atoms with van der Waals surface area (Å²) in [5, 5.41) is 8.30. The lowest BCUT2D eigenvalue weighted by molar-refractivity contribution is -0.137. The Balaban J connectivity index is 1.30. The molecule has 1 aromatic heterocycles. The van der Waals surface area contributed by atoms with E-state index in [1.165, 1.54) is 36.4 Å². The van der Waals surface area contributed by atoms with E-state index in [1.54, 1.807) is 23.1 Å². The lowest BCUT2D eigenvalue weighted by atomic mass is 10.1. The Morgan fingerprint density at radius 1 is 0.974 bits per heavy atom. The Bertz CT molecular complexity index is 1390. The maximum Gasteiger partial charge on any atom is 0.418 e. The Morgan fingerprint density at radius 3 is 2.49 bits per heavy atom. The number of urea groups is 1. The maximum absolute atomic E-state index is 13.9. The molecule has 13 heteroatoms. The first kappa shape index (κ1) is 26.2. The lowest BCUT2D eigenvalue weighted by Gasteiger charge is -2.31. The van der Waals surface area contributed by atoms with Gasteiger partial charge in [-0.05, 0) is 48.4 Å². The minimum Gasteiger partial charge on any atom is -0.439 e. The summed E-state index contributed by atoms with van der Waals surface area (Å²) in [5.41, 5.74) is 0.864. The van der Waals surface area contributed by atoms with Crippen molar-refractivity contribution in [2.75, 3.05) is 53.2 Å². The van der Waals surface area contributed by atoms with E-state index in [0.717, 1.165) is 11.6 Å². The van der Waals surface area contributed by atoms with Gasteiger partial charge in [-0.25, -0.2) is 14.8 Å². The zero-order valence-electron chi connectivity index (χ0n) is 21.0. The molecule has 0 spiro atoms. The van der Waals surface area contributed by atoms with Gasteiger partial charge in [0.25, 0.3) is 0 Å². The summed E-state index contributed by atoms with van der Waals surface area (Å²) in [6.45, 7) is 3.87. The normalized spacial score (nSPS) is 15.1. The highest BCUT2D eigenvalue weighted by Gasteiger charge is 2.36. The number of carbonyl (C=O) groups is 2. The predicted octanol–water partition coefficient (Wildman–Crippen LogP) is 4.25. The van der Waals surface area contributed by atoms with Crippen LogP contribution in [-0.4, -0.2) is 54.6 Å². The summed E-state index contributed by atoms with van der Waals surface area (Å²) in [6, 6.07) is 9.99. The first-order valence-corrected chi connectivity index (χ1v) is 12.3. The minimum atomic E-state index is -4.57. The first-order valence-electron chi connectivity index (χ1n) is 12.3. The molecule has 0 radical (unpaired) electrons. The number of ether oxygens (including phenoxy) is 1. The van der Waals surface area contributed by atoms with Crippen LogP contribution in [0.25, 0.3) is 0 Å². The Hall–Kier alpha value is -4.39. The molecule has 2 aromatic carbocycles. The number of hydrogen-bond donors (Lipinski definition) is 3. The Kier molecular flexibility index (Phi) is 7.24. The molecule has 5 rings (SSSR count). The average molecular weight is 542 g/mol. The van der Waals surface area contributed by atoms with Crippen molar-refractivity contribution in [3.05, 3.63) is 59.9 Å². The van der Waals surface area contributed by atoms with Gasteiger partial charge in [0.15, 0.2) is 0 Å². The van der Waals surface area contributed by atoms with E-state index in [9.17, 15) is 22.8 Å². The molecular formula is C26H26F3N7O3. The van der Waals surface area contributed by atoms with Crippen LogP contribution in [0, 0.1) is 0 Å². The van der Waals surface area contributed by atoms with Gasteiger partial charge >= 0.3 is 12.2 Å². The number of alkyl halides is 3. The number of benzene rings is 2. The van der Waals surface area contributed by atoms with Crippen molar-refractivity contribution in [2.24, 2.45) is 0 Å². The van der Waals surface area contributed by atoms with Crippen LogP contribution >= 0.6 is 0 Å². The van der Waals surface area contributed by atoms with Gasteiger partial charge in [-0.15, -0.1) is 0 Å². The van der Waals surface area contributed by atoms with Gasteiger partial charge in [0.1, 0.15) is 17.9 Å². The van der Waals surface area contributed by atoms with Crippen molar-refractivity contribution >= 4 is 34.8 Å². The molecule has 0 atom stereocenters. The summed E-state index contributed by atoms with van der Waals surface area (Å²) < 4.78 is 47.4. The molecule has 2 aliphatic rings. The predicted molar refractivity (Wildman–Crippen MR) is 139 cm³/mol. The van der Waals surface area contributed by atoms with Crippen molar-refractivity contribution in [1.29, 1.82) is 0 Å². The van der Waals surface area contributed by atoms with E-state index in [-0.39, 0.29) is 23.2 Å². The smallest absolute Gasteiger partial charge is 0.418 e. The van der Waals surface area contributed by atoms with Crippen molar-refractivity contribution < 1.29 is 27.5 Å². The summed E-state index contributed by atoms with van der Waals surface area (Å²) in [5.74, 6) is 0.722. The highest BCUT2D eigenvalue weighted by atomic mass is 19.4. The van der Waals surface area contributed by atoms with E-state index in [4.69, 9.17) is 4.74 Å². The van der Waals surface area contributed by atoms with Crippen molar-refractivity contribution in [3.63, 3.8) is 0 Å². The molecule has 1 fully saturated rings. The molecule has 3 N–H and O–H groups in total. The van der Waals surface area contributed by atoms with E-state index < -0.39 is 17.8 Å². The Morgan fingerprint density at radius 2 is 1.74 bits per heavy atom. The van der Waals surface area contributed by atoms with Gasteiger partial charge in [0, 0.05) is 62.8 Å². The van der Waals surface area contributed by atoms with Crippen LogP contribution in [0.2, 0.25) is 0 Å². The number of aromatic nitrogens is 2. The quantitative estimate of drug-likeness (QED) is 0.443. The van der Waals surface area contributed by atoms with Crippen LogP contribution in [0.3, 0.4) is 0 Å². The summed E-state index contributed by atoms with van der Waals surface area (Å²) in [4.78, 5) is 35.5. The van der Waals surface area contributed by atoms with Gasteiger partial charge < -0.3 is 25.6 Å². The van der Waals surface area contributed by atoms with E-state index in [2.05, 4.69) is 25.9 Å². The van der Waals surface area contributed by atoms with Crippen LogP contribution < -0.4 is 30.5 Å². The first-order chi connectivity index (χ1) is 18.7. The molecule has 3 heterocycles. The molecule has 3 amide bonds. The molecule has 0 saturated carbocycles. The van der Waals surface area contributed by atoms with Gasteiger partial charge in [-0.1, -0.05) is 0 Å². The fraction of sp³-hybridized carbons (Fsp3) is 0.308. The molecule has 0 unspecified atom stereocenters. The van der Waals surface area contributed by atoms with Crippen LogP contribution in [0.1, 0.15) is 18.1 Å². The third-order valence-electron chi connectivity index (χ3n) is 6.37. The van der Waals surface area contributed by atoms with Crippen LogP contribution in [-0.2, 0) is 17.4 Å². The zero-order valence-corrected chi connectivity index (χ0v) is 21.0. The number of hydrogen-bond acceptors (Lipinski definition) is 7. The zero-order chi connectivity index (χ0) is 27.6. The number of anilines is 4. The second-order valence-corrected chi connectivity index (χ2v) is 9.11. The van der Waals surface area contributed by atoms with Crippen molar-refractivity contribution in [1.82, 2.24) is 15.3 Å². The molecule has 0 aliphatic carbocycles. The number of nitrogens with zero attached hydrogens (tertiary/aromatic N) is 4. The standard InChI is InChI=1S/C26H26F3N7O3/c1-16(37)33-23-14-24(32-15-31-23)39-19-3-5-21-17(12-19)6-9-36(21)25(38)34-18-2-4-22(20(13-18)26(27,28)29)35-10-7-30-8-11-35/h2-5,12-15,30H,6-11H2,1H3,(H,34,38)(H,31,32,33,37). The topological polar surface area (TPSA) is 112 Å². The Labute approximate surface area is 222 Å². The molecule has 1 saturated heterocycles. The average Bonchev–Trinajstić information content (AvgIpc) is 3.32. The van der Waals surface area contributed by atoms with Crippen molar-refractivity contribution in [2.45, 2.75) is 19.5 Å². The molecule has 39 heavy (non-hydrogen) atoms. The summed E-state index contributed by atoms with van der Waals surface area (Å²) >= 11 is 0. The highest BCUT2D eigenvalue weighted by molar-refractivity contribution is 6.03. The highest BCUT2D eigenvalue weighted by Crippen LogP contribution is 2.39. The fourth-order valence-electron chi connectivity index (χ4n) is 4.63. The summed E-state index contributed by atoms with van der Waals surface area (Å²) in [6.07, 6.45) is -2.76. The van der Waals surface area contributed by atoms with E-state index >= 15 is 0 Å². The third-order valence-corrected chi connectivity index (χ3v) is 6.37. The van der Waals surface area contributed by atoms with Crippen molar-refractivity contribution in [3.8, 4) is 11.6 Å². The molecular weight excluding hydrogens is 515 g/mol. The lowest BCUT2D eigenvalue weighted by Crippen LogP contribution is -2.44. The number of fused-ring (bicyclic) bond motifs is 1. The number of halogens is 3. The van der Waals surface area contributed by atoms with Crippen LogP contribution in [0.5, 0.6) is 11.6 Å². The molecule has 204 valence electrons. The summed E-state index contributed by atoms with van der Waals surface area (Å²) in [7, 11) is 0. The molecule has 0 bridgehead atoms. The van der Waals surface area contributed by atoms with Gasteiger partial charge in [0.2, 0.25) is 11.8 Å². The fourth-order valence-corrected chi connectivity index (χ4v) is 4.63. The SMILES string of the molecule is CC(=O)Nc1cc(Oc2ccc3c(c2)CCN3C(=O)Nc2ccc(N3CCNCC3)c(C(F)(F)F)c2)ncn1. The van der Waals surface area contributed by atoms with E-state index in [0.29, 0.717) is 56.4 Å². The third kappa shape index (κ3) is 6.03. The second-order valence-electron chi connectivity index (χ2n) is 9.11. The number of carbonyl (C=O) groups excluding carboxylic acids is 2. The van der Waals surface area contributed by atoms with Gasteiger partial charge in [-0.3, -0.25) is 9.69 Å². The number of piperazine rings is 1. The molecule has 10 nitrogen and oxygen atoms in total. The van der Waals surface area contributed by atoms with Crippen LogP contribution in [0.15, 0.2) is 48.8 Å². The molecule has 3 aromatic rings. The monoisotopic (exact) mass is 541 g/mol. The second kappa shape index (κ2) is 10.8. The maximum atomic E-state index is 13.9. The van der Waals surface area contributed by atoms with Crippen LogP contribution in [0.4, 0.5) is 40.8 Å². The minimum absolute atomic E-state index is 0.0679. The molecule has 2 aliphatic heterocycles. The number of nitrogens with one attached hydrogen (secondary N) is 3. The largest absolute Gasteiger partial charge is 0.439 e.